The summed E-state index contributed by atoms with van der Waals surface area (Å²) < 4.78 is 0. The normalized spacial score (nSPS) is 36.7. The van der Waals surface area contributed by atoms with Crippen LogP contribution in [0.3, 0.4) is 0 Å². The fourth-order valence-electron chi connectivity index (χ4n) is 2.78. The molecule has 76 valence electrons. The molecule has 1 N–H and O–H groups in total. The molecule has 0 aromatic heterocycles. The summed E-state index contributed by atoms with van der Waals surface area (Å²) in [4.78, 5) is 2.65. The van der Waals surface area contributed by atoms with Crippen molar-refractivity contribution in [3.63, 3.8) is 0 Å². The molecule has 0 aliphatic carbocycles. The van der Waals surface area contributed by atoms with Crippen molar-refractivity contribution in [2.24, 2.45) is 5.92 Å². The minimum atomic E-state index is 0.403. The maximum atomic E-state index is 9.13. The van der Waals surface area contributed by atoms with Crippen LogP contribution in [-0.2, 0) is 0 Å². The fourth-order valence-corrected chi connectivity index (χ4v) is 2.78. The van der Waals surface area contributed by atoms with E-state index in [0.717, 1.165) is 6.04 Å². The molecule has 0 spiro atoms. The minimum absolute atomic E-state index is 0.403. The van der Waals surface area contributed by atoms with Gasteiger partial charge in [-0.05, 0) is 51.1 Å². The SMILES string of the molecule is OCC1CCC2CCCCN2CC1. The second-order valence-electron chi connectivity index (χ2n) is 4.60. The van der Waals surface area contributed by atoms with Crippen molar-refractivity contribution in [1.29, 1.82) is 0 Å². The van der Waals surface area contributed by atoms with E-state index in [2.05, 4.69) is 4.90 Å². The molecule has 2 aliphatic rings. The number of hydrogen-bond donors (Lipinski definition) is 1. The summed E-state index contributed by atoms with van der Waals surface area (Å²) in [7, 11) is 0. The highest BCUT2D eigenvalue weighted by Gasteiger charge is 2.26. The first-order chi connectivity index (χ1) is 6.40. The highest BCUT2D eigenvalue weighted by Crippen LogP contribution is 2.27. The van der Waals surface area contributed by atoms with Crippen LogP contribution in [0.2, 0.25) is 0 Å². The Balaban J connectivity index is 1.91. The number of piperidine rings is 1. The maximum Gasteiger partial charge on any atom is 0.0459 e. The summed E-state index contributed by atoms with van der Waals surface area (Å²) in [5.41, 5.74) is 0. The summed E-state index contributed by atoms with van der Waals surface area (Å²) in [5, 5.41) is 9.13. The van der Waals surface area contributed by atoms with Gasteiger partial charge in [-0.1, -0.05) is 6.42 Å². The van der Waals surface area contributed by atoms with E-state index in [1.807, 2.05) is 0 Å². The van der Waals surface area contributed by atoms with Crippen molar-refractivity contribution in [3.05, 3.63) is 0 Å². The summed E-state index contributed by atoms with van der Waals surface area (Å²) in [6, 6.07) is 0.852. The van der Waals surface area contributed by atoms with Gasteiger partial charge in [0.2, 0.25) is 0 Å². The molecule has 2 rings (SSSR count). The molecule has 13 heavy (non-hydrogen) atoms. The maximum absolute atomic E-state index is 9.13. The molecular weight excluding hydrogens is 162 g/mol. The van der Waals surface area contributed by atoms with Crippen LogP contribution in [0.4, 0.5) is 0 Å². The third kappa shape index (κ3) is 2.23. The van der Waals surface area contributed by atoms with Crippen LogP contribution in [0, 0.1) is 5.92 Å². The van der Waals surface area contributed by atoms with Crippen molar-refractivity contribution in [3.8, 4) is 0 Å². The molecule has 2 unspecified atom stereocenters. The Morgan fingerprint density at radius 1 is 1.00 bits per heavy atom. The monoisotopic (exact) mass is 183 g/mol. The molecule has 0 saturated carbocycles. The van der Waals surface area contributed by atoms with Crippen LogP contribution in [0.1, 0.15) is 38.5 Å². The van der Waals surface area contributed by atoms with E-state index in [9.17, 15) is 0 Å². The fraction of sp³-hybridized carbons (Fsp3) is 1.00. The van der Waals surface area contributed by atoms with Gasteiger partial charge in [-0.3, -0.25) is 0 Å². The van der Waals surface area contributed by atoms with Gasteiger partial charge in [0.05, 0.1) is 0 Å². The molecule has 2 atom stereocenters. The lowest BCUT2D eigenvalue weighted by atomic mass is 9.96. The molecule has 0 aromatic carbocycles. The molecule has 0 amide bonds. The first kappa shape index (κ1) is 9.47. The number of aliphatic hydroxyl groups is 1. The van der Waals surface area contributed by atoms with E-state index in [1.54, 1.807) is 0 Å². The van der Waals surface area contributed by atoms with Crippen LogP contribution < -0.4 is 0 Å². The zero-order valence-corrected chi connectivity index (χ0v) is 8.41. The van der Waals surface area contributed by atoms with E-state index in [0.29, 0.717) is 12.5 Å². The van der Waals surface area contributed by atoms with Crippen LogP contribution >= 0.6 is 0 Å². The number of hydrogen-bond acceptors (Lipinski definition) is 2. The topological polar surface area (TPSA) is 23.5 Å². The highest BCUT2D eigenvalue weighted by atomic mass is 16.3. The van der Waals surface area contributed by atoms with Gasteiger partial charge in [-0.2, -0.15) is 0 Å². The quantitative estimate of drug-likeness (QED) is 0.668. The van der Waals surface area contributed by atoms with Crippen molar-refractivity contribution in [2.75, 3.05) is 19.7 Å². The summed E-state index contributed by atoms with van der Waals surface area (Å²) in [6.45, 7) is 2.94. The molecule has 0 bridgehead atoms. The molecule has 2 heterocycles. The van der Waals surface area contributed by atoms with E-state index >= 15 is 0 Å². The van der Waals surface area contributed by atoms with E-state index in [4.69, 9.17) is 5.11 Å². The molecule has 2 nitrogen and oxygen atoms in total. The Bertz CT molecular complexity index is 144. The average molecular weight is 183 g/mol. The van der Waals surface area contributed by atoms with E-state index in [1.165, 1.54) is 51.6 Å². The van der Waals surface area contributed by atoms with Crippen LogP contribution in [0.5, 0.6) is 0 Å². The van der Waals surface area contributed by atoms with Crippen LogP contribution in [-0.4, -0.2) is 35.7 Å². The van der Waals surface area contributed by atoms with E-state index < -0.39 is 0 Å². The zero-order chi connectivity index (χ0) is 9.10. The number of fused-ring (bicyclic) bond motifs is 1. The highest BCUT2D eigenvalue weighted by molar-refractivity contribution is 4.81. The van der Waals surface area contributed by atoms with E-state index in [-0.39, 0.29) is 0 Å². The van der Waals surface area contributed by atoms with Crippen molar-refractivity contribution < 1.29 is 5.11 Å². The molecule has 2 saturated heterocycles. The Labute approximate surface area is 80.9 Å². The predicted molar refractivity (Wildman–Crippen MR) is 53.6 cm³/mol. The van der Waals surface area contributed by atoms with Gasteiger partial charge in [0.25, 0.3) is 0 Å². The molecule has 2 heteroatoms. The smallest absolute Gasteiger partial charge is 0.0459 e. The Kier molecular flexibility index (Phi) is 3.23. The summed E-state index contributed by atoms with van der Waals surface area (Å²) in [5.74, 6) is 0.589. The van der Waals surface area contributed by atoms with Crippen LogP contribution in [0.25, 0.3) is 0 Å². The number of rotatable bonds is 1. The number of nitrogens with zero attached hydrogens (tertiary/aromatic N) is 1. The summed E-state index contributed by atoms with van der Waals surface area (Å²) in [6.07, 6.45) is 8.00. The van der Waals surface area contributed by atoms with Gasteiger partial charge in [0.1, 0.15) is 0 Å². The minimum Gasteiger partial charge on any atom is -0.396 e. The lowest BCUT2D eigenvalue weighted by molar-refractivity contribution is 0.150. The molecule has 2 aliphatic heterocycles. The lowest BCUT2D eigenvalue weighted by Crippen LogP contribution is -2.38. The first-order valence-corrected chi connectivity index (χ1v) is 5.75. The Morgan fingerprint density at radius 2 is 1.92 bits per heavy atom. The van der Waals surface area contributed by atoms with Gasteiger partial charge in [-0.15, -0.1) is 0 Å². The predicted octanol–water partition coefficient (Wildman–Crippen LogP) is 1.63. The molecule has 2 fully saturated rings. The Morgan fingerprint density at radius 3 is 2.77 bits per heavy atom. The van der Waals surface area contributed by atoms with Gasteiger partial charge in [-0.25, -0.2) is 0 Å². The molecule has 0 aromatic rings. The third-order valence-corrected chi connectivity index (χ3v) is 3.74. The zero-order valence-electron chi connectivity index (χ0n) is 8.41. The third-order valence-electron chi connectivity index (χ3n) is 3.74. The standard InChI is InChI=1S/C11H21NO/c13-9-10-4-5-11-3-1-2-7-12(11)8-6-10/h10-11,13H,1-9H2. The lowest BCUT2D eigenvalue weighted by Gasteiger charge is -2.33. The largest absolute Gasteiger partial charge is 0.396 e. The van der Waals surface area contributed by atoms with Gasteiger partial charge in [0, 0.05) is 12.6 Å². The average Bonchev–Trinajstić information content (AvgIpc) is 2.39. The van der Waals surface area contributed by atoms with Gasteiger partial charge >= 0.3 is 0 Å². The first-order valence-electron chi connectivity index (χ1n) is 5.75. The number of aliphatic hydroxyl groups excluding tert-OH is 1. The van der Waals surface area contributed by atoms with Crippen LogP contribution in [0.15, 0.2) is 0 Å². The van der Waals surface area contributed by atoms with Gasteiger partial charge in [0.15, 0.2) is 0 Å². The Hall–Kier alpha value is -0.0800. The van der Waals surface area contributed by atoms with Crippen molar-refractivity contribution in [2.45, 2.75) is 44.6 Å². The van der Waals surface area contributed by atoms with Crippen molar-refractivity contribution in [1.82, 2.24) is 4.90 Å². The molecule has 0 radical (unpaired) electrons. The second kappa shape index (κ2) is 4.43. The molecular formula is C11H21NO. The summed E-state index contributed by atoms with van der Waals surface area (Å²) >= 11 is 0. The van der Waals surface area contributed by atoms with Crippen molar-refractivity contribution >= 4 is 0 Å². The second-order valence-corrected chi connectivity index (χ2v) is 4.60. The van der Waals surface area contributed by atoms with Gasteiger partial charge < -0.3 is 10.0 Å².